The van der Waals surface area contributed by atoms with E-state index in [0.717, 1.165) is 5.39 Å². The van der Waals surface area contributed by atoms with Gasteiger partial charge in [0.1, 0.15) is 0 Å². The van der Waals surface area contributed by atoms with Crippen LogP contribution in [-0.2, 0) is 0 Å². The molecular weight excluding hydrogens is 206 g/mol. The van der Waals surface area contributed by atoms with Crippen LogP contribution in [0.4, 0.5) is 0 Å². The molecule has 1 aliphatic heterocycles. The molecule has 0 spiro atoms. The maximum Gasteiger partial charge on any atom is 0.249 e. The first kappa shape index (κ1) is 8.91. The molecule has 0 saturated heterocycles. The highest BCUT2D eigenvalue weighted by Gasteiger charge is 2.28. The normalized spacial score (nSPS) is 11.8. The number of carbonyl (C=O) groups is 2. The van der Waals surface area contributed by atoms with Gasteiger partial charge in [-0.15, -0.1) is 0 Å². The van der Waals surface area contributed by atoms with Gasteiger partial charge in [-0.2, -0.15) is 0 Å². The molecule has 1 aliphatic rings. The highest BCUT2D eigenvalue weighted by atomic mass is 16.6. The molecule has 1 amide bonds. The van der Waals surface area contributed by atoms with Crippen LogP contribution in [0.25, 0.3) is 10.8 Å². The summed E-state index contributed by atoms with van der Waals surface area (Å²) < 4.78 is 5.16. The standard InChI is InChI=1S/C12H7NO3/c13-12(15)7-3-1-2-6-4-9-11(16-9)8(5-14)10(6)7/h1-5H,(H2,13,15). The third-order valence-electron chi connectivity index (χ3n) is 2.67. The minimum absolute atomic E-state index is 0.345. The summed E-state index contributed by atoms with van der Waals surface area (Å²) in [7, 11) is 0. The van der Waals surface area contributed by atoms with Gasteiger partial charge in [-0.3, -0.25) is 9.59 Å². The van der Waals surface area contributed by atoms with Crippen molar-refractivity contribution in [3.05, 3.63) is 35.4 Å². The van der Waals surface area contributed by atoms with Gasteiger partial charge in [-0.1, -0.05) is 12.1 Å². The lowest BCUT2D eigenvalue weighted by atomic mass is 9.99. The molecule has 0 radical (unpaired) electrons. The second-order valence-electron chi connectivity index (χ2n) is 3.61. The van der Waals surface area contributed by atoms with E-state index in [1.807, 2.05) is 6.07 Å². The second kappa shape index (κ2) is 2.82. The van der Waals surface area contributed by atoms with Crippen molar-refractivity contribution in [3.63, 3.8) is 0 Å². The lowest BCUT2D eigenvalue weighted by Crippen LogP contribution is -2.11. The summed E-state index contributed by atoms with van der Waals surface area (Å²) in [5.74, 6) is 0.696. The molecule has 1 heterocycles. The topological polar surface area (TPSA) is 72.7 Å². The fraction of sp³-hybridized carbons (Fsp3) is 0. The molecule has 78 valence electrons. The lowest BCUT2D eigenvalue weighted by molar-refractivity contribution is 0.100. The molecule has 0 aliphatic carbocycles. The zero-order chi connectivity index (χ0) is 11.3. The summed E-state index contributed by atoms with van der Waals surface area (Å²) in [6, 6.07) is 6.94. The number of nitrogens with two attached hydrogens (primary N) is 1. The first-order chi connectivity index (χ1) is 7.72. The molecule has 0 unspecified atom stereocenters. The van der Waals surface area contributed by atoms with Crippen LogP contribution in [0, 0.1) is 0 Å². The number of fused-ring (bicyclic) bond motifs is 2. The third-order valence-corrected chi connectivity index (χ3v) is 2.67. The molecule has 0 bridgehead atoms. The van der Waals surface area contributed by atoms with Gasteiger partial charge in [0.05, 0.1) is 5.56 Å². The van der Waals surface area contributed by atoms with Gasteiger partial charge in [0.2, 0.25) is 5.91 Å². The van der Waals surface area contributed by atoms with Gasteiger partial charge in [0.15, 0.2) is 17.8 Å². The van der Waals surface area contributed by atoms with Crippen LogP contribution in [0.15, 0.2) is 24.3 Å². The summed E-state index contributed by atoms with van der Waals surface area (Å²) in [5.41, 5.74) is 6.02. The van der Waals surface area contributed by atoms with Crippen LogP contribution in [0.2, 0.25) is 0 Å². The summed E-state index contributed by atoms with van der Waals surface area (Å²) in [6.45, 7) is 0. The average molecular weight is 213 g/mol. The quantitative estimate of drug-likeness (QED) is 0.521. The van der Waals surface area contributed by atoms with Crippen molar-refractivity contribution >= 4 is 23.0 Å². The van der Waals surface area contributed by atoms with Crippen molar-refractivity contribution in [2.75, 3.05) is 0 Å². The largest absolute Gasteiger partial charge is 0.449 e. The van der Waals surface area contributed by atoms with E-state index in [2.05, 4.69) is 0 Å². The summed E-state index contributed by atoms with van der Waals surface area (Å²) in [5, 5.41) is 1.36. The minimum atomic E-state index is -0.547. The monoisotopic (exact) mass is 213 g/mol. The Labute approximate surface area is 90.6 Å². The van der Waals surface area contributed by atoms with E-state index in [0.29, 0.717) is 34.3 Å². The molecule has 16 heavy (non-hydrogen) atoms. The van der Waals surface area contributed by atoms with Gasteiger partial charge in [-0.25, -0.2) is 0 Å². The second-order valence-corrected chi connectivity index (χ2v) is 3.61. The first-order valence-corrected chi connectivity index (χ1v) is 4.75. The van der Waals surface area contributed by atoms with Crippen LogP contribution in [0.5, 0.6) is 11.5 Å². The summed E-state index contributed by atoms with van der Waals surface area (Å²) >= 11 is 0. The lowest BCUT2D eigenvalue weighted by Gasteiger charge is -2.02. The Bertz CT molecular complexity index is 646. The third kappa shape index (κ3) is 1.04. The van der Waals surface area contributed by atoms with Crippen molar-refractivity contribution in [1.29, 1.82) is 0 Å². The zero-order valence-corrected chi connectivity index (χ0v) is 8.19. The number of amides is 1. The van der Waals surface area contributed by atoms with Gasteiger partial charge in [0, 0.05) is 10.9 Å². The fourth-order valence-electron chi connectivity index (χ4n) is 1.93. The number of carbonyl (C=O) groups excluding carboxylic acids is 2. The van der Waals surface area contributed by atoms with Gasteiger partial charge in [0.25, 0.3) is 0 Å². The Balaban J connectivity index is 2.50. The smallest absolute Gasteiger partial charge is 0.249 e. The first-order valence-electron chi connectivity index (χ1n) is 4.75. The molecule has 2 aromatic carbocycles. The number of aldehydes is 1. The number of hydrogen-bond donors (Lipinski definition) is 1. The van der Waals surface area contributed by atoms with Crippen molar-refractivity contribution in [2.24, 2.45) is 5.73 Å². The van der Waals surface area contributed by atoms with Crippen LogP contribution in [0.3, 0.4) is 0 Å². The van der Waals surface area contributed by atoms with Crippen molar-refractivity contribution in [1.82, 2.24) is 0 Å². The zero-order valence-electron chi connectivity index (χ0n) is 8.19. The van der Waals surface area contributed by atoms with E-state index in [1.165, 1.54) is 0 Å². The number of ether oxygens (including phenoxy) is 1. The molecule has 3 rings (SSSR count). The molecular formula is C12H7NO3. The van der Waals surface area contributed by atoms with Crippen LogP contribution in [-0.4, -0.2) is 12.2 Å². The molecule has 4 heteroatoms. The molecule has 2 aromatic rings. The summed E-state index contributed by atoms with van der Waals surface area (Å²) in [6.07, 6.45) is 0.695. The van der Waals surface area contributed by atoms with Gasteiger partial charge < -0.3 is 10.5 Å². The average Bonchev–Trinajstić information content (AvgIpc) is 3.03. The highest BCUT2D eigenvalue weighted by molar-refractivity contribution is 6.14. The molecule has 4 nitrogen and oxygen atoms in total. The number of benzene rings is 2. The van der Waals surface area contributed by atoms with E-state index in [1.54, 1.807) is 18.2 Å². The number of hydrogen-bond acceptors (Lipinski definition) is 3. The predicted octanol–water partition coefficient (Wildman–Crippen LogP) is 1.86. The minimum Gasteiger partial charge on any atom is -0.449 e. The Morgan fingerprint density at radius 3 is 2.88 bits per heavy atom. The van der Waals surface area contributed by atoms with E-state index in [9.17, 15) is 9.59 Å². The van der Waals surface area contributed by atoms with Crippen LogP contribution < -0.4 is 10.5 Å². The van der Waals surface area contributed by atoms with E-state index in [-0.39, 0.29) is 0 Å². The van der Waals surface area contributed by atoms with E-state index < -0.39 is 5.91 Å². The Morgan fingerprint density at radius 1 is 1.38 bits per heavy atom. The predicted molar refractivity (Wildman–Crippen MR) is 57.9 cm³/mol. The Kier molecular flexibility index (Phi) is 1.57. The van der Waals surface area contributed by atoms with E-state index >= 15 is 0 Å². The van der Waals surface area contributed by atoms with Crippen molar-refractivity contribution in [2.45, 2.75) is 0 Å². The van der Waals surface area contributed by atoms with Crippen LogP contribution in [0.1, 0.15) is 20.7 Å². The fourth-order valence-corrected chi connectivity index (χ4v) is 1.93. The number of rotatable bonds is 2. The molecule has 2 N–H and O–H groups in total. The SMILES string of the molecule is NC(=O)c1cccc2cc3c(c(C=O)c12)O3. The molecule has 0 atom stereocenters. The van der Waals surface area contributed by atoms with Gasteiger partial charge >= 0.3 is 0 Å². The Morgan fingerprint density at radius 2 is 2.19 bits per heavy atom. The van der Waals surface area contributed by atoms with Crippen molar-refractivity contribution in [3.8, 4) is 11.5 Å². The maximum absolute atomic E-state index is 11.3. The molecule has 0 fully saturated rings. The highest BCUT2D eigenvalue weighted by Crippen LogP contribution is 2.51. The maximum atomic E-state index is 11.3. The van der Waals surface area contributed by atoms with Gasteiger partial charge in [-0.05, 0) is 17.5 Å². The van der Waals surface area contributed by atoms with E-state index in [4.69, 9.17) is 10.5 Å². The summed E-state index contributed by atoms with van der Waals surface area (Å²) in [4.78, 5) is 22.3. The Hall–Kier alpha value is -2.36. The van der Waals surface area contributed by atoms with Crippen molar-refractivity contribution < 1.29 is 14.3 Å². The molecule has 0 aromatic heterocycles. The number of primary amides is 1. The molecule has 0 saturated carbocycles. The van der Waals surface area contributed by atoms with Crippen LogP contribution >= 0.6 is 0 Å².